The molecule has 0 spiro atoms. The second-order valence-corrected chi connectivity index (χ2v) is 8.12. The lowest BCUT2D eigenvalue weighted by Crippen LogP contribution is -2.48. The Balaban J connectivity index is 0.00000300. The van der Waals surface area contributed by atoms with Crippen LogP contribution in [0.1, 0.15) is 29.0 Å². The van der Waals surface area contributed by atoms with Gasteiger partial charge in [0.25, 0.3) is 0 Å². The first kappa shape index (κ1) is 24.0. The van der Waals surface area contributed by atoms with Crippen LogP contribution in [0, 0.1) is 6.92 Å². The molecule has 8 heteroatoms. The molecule has 1 aliphatic rings. The summed E-state index contributed by atoms with van der Waals surface area (Å²) in [5, 5.41) is 9.11. The summed E-state index contributed by atoms with van der Waals surface area (Å²) in [4.78, 5) is 12.4. The molecule has 2 unspecified atom stereocenters. The highest BCUT2D eigenvalue weighted by Crippen LogP contribution is 2.26. The highest BCUT2D eigenvalue weighted by atomic mass is 127. The van der Waals surface area contributed by atoms with Gasteiger partial charge >= 0.3 is 0 Å². The van der Waals surface area contributed by atoms with Crippen LogP contribution < -0.4 is 10.6 Å². The summed E-state index contributed by atoms with van der Waals surface area (Å²) in [6, 6.07) is 6.76. The average Bonchev–Trinajstić information content (AvgIpc) is 3.23. The molecular formula is C21H32IN5OS. The van der Waals surface area contributed by atoms with Crippen molar-refractivity contribution in [2.75, 3.05) is 39.8 Å². The lowest BCUT2D eigenvalue weighted by atomic mass is 10.1. The lowest BCUT2D eigenvalue weighted by molar-refractivity contribution is -0.0334. The molecule has 1 saturated heterocycles. The Morgan fingerprint density at radius 3 is 2.97 bits per heavy atom. The number of aromatic nitrogens is 1. The minimum Gasteiger partial charge on any atom is -0.376 e. The van der Waals surface area contributed by atoms with E-state index in [9.17, 15) is 0 Å². The number of rotatable bonds is 7. The van der Waals surface area contributed by atoms with E-state index in [0.29, 0.717) is 6.04 Å². The van der Waals surface area contributed by atoms with E-state index in [2.05, 4.69) is 62.9 Å². The molecule has 2 atom stereocenters. The summed E-state index contributed by atoms with van der Waals surface area (Å²) in [7, 11) is 1.82. The van der Waals surface area contributed by atoms with Crippen molar-refractivity contribution >= 4 is 41.3 Å². The predicted octanol–water partition coefficient (Wildman–Crippen LogP) is 3.24. The molecule has 0 bridgehead atoms. The molecule has 2 aromatic heterocycles. The molecule has 0 radical (unpaired) electrons. The van der Waals surface area contributed by atoms with Gasteiger partial charge in [-0.15, -0.1) is 35.3 Å². The van der Waals surface area contributed by atoms with Gasteiger partial charge in [0.15, 0.2) is 5.96 Å². The van der Waals surface area contributed by atoms with E-state index in [4.69, 9.17) is 4.74 Å². The van der Waals surface area contributed by atoms with E-state index in [0.717, 1.165) is 45.2 Å². The van der Waals surface area contributed by atoms with Gasteiger partial charge in [0.1, 0.15) is 0 Å². The van der Waals surface area contributed by atoms with Crippen molar-refractivity contribution in [2.24, 2.45) is 4.99 Å². The van der Waals surface area contributed by atoms with Gasteiger partial charge in [-0.05, 0) is 48.9 Å². The average molecular weight is 529 g/mol. The molecule has 0 saturated carbocycles. The van der Waals surface area contributed by atoms with Crippen LogP contribution in [0.4, 0.5) is 0 Å². The van der Waals surface area contributed by atoms with Crippen LogP contribution in [-0.4, -0.2) is 61.8 Å². The van der Waals surface area contributed by atoms with E-state index in [1.165, 1.54) is 16.0 Å². The third-order valence-electron chi connectivity index (χ3n) is 5.09. The van der Waals surface area contributed by atoms with Crippen LogP contribution in [0.5, 0.6) is 0 Å². The van der Waals surface area contributed by atoms with E-state index in [-0.39, 0.29) is 30.1 Å². The number of hydrogen-bond donors (Lipinski definition) is 2. The number of aliphatic imine (C=N–C) groups is 1. The highest BCUT2D eigenvalue weighted by molar-refractivity contribution is 14.0. The minimum absolute atomic E-state index is 0. The van der Waals surface area contributed by atoms with Gasteiger partial charge in [-0.3, -0.25) is 14.9 Å². The molecular weight excluding hydrogens is 497 g/mol. The molecule has 0 amide bonds. The van der Waals surface area contributed by atoms with Gasteiger partial charge < -0.3 is 15.4 Å². The molecule has 3 heterocycles. The number of morpholine rings is 1. The highest BCUT2D eigenvalue weighted by Gasteiger charge is 2.26. The molecule has 6 nitrogen and oxygen atoms in total. The number of nitrogens with one attached hydrogen (secondary N) is 2. The fraction of sp³-hybridized carbons (Fsp3) is 0.524. The monoisotopic (exact) mass is 529 g/mol. The lowest BCUT2D eigenvalue weighted by Gasteiger charge is -2.37. The van der Waals surface area contributed by atoms with Crippen LogP contribution in [0.25, 0.3) is 0 Å². The smallest absolute Gasteiger partial charge is 0.191 e. The summed E-state index contributed by atoms with van der Waals surface area (Å²) < 4.78 is 5.73. The zero-order valence-corrected chi connectivity index (χ0v) is 20.6. The topological polar surface area (TPSA) is 61.8 Å². The maximum absolute atomic E-state index is 5.73. The van der Waals surface area contributed by atoms with Crippen molar-refractivity contribution in [1.82, 2.24) is 20.5 Å². The normalized spacial score (nSPS) is 18.7. The maximum atomic E-state index is 5.73. The van der Waals surface area contributed by atoms with Crippen molar-refractivity contribution in [3.63, 3.8) is 0 Å². The Labute approximate surface area is 195 Å². The fourth-order valence-corrected chi connectivity index (χ4v) is 4.39. The zero-order chi connectivity index (χ0) is 19.8. The first-order valence-corrected chi connectivity index (χ1v) is 10.8. The van der Waals surface area contributed by atoms with Gasteiger partial charge in [0, 0.05) is 50.5 Å². The first-order valence-electron chi connectivity index (χ1n) is 9.90. The minimum atomic E-state index is 0. The Morgan fingerprint density at radius 1 is 1.41 bits per heavy atom. The van der Waals surface area contributed by atoms with Crippen molar-refractivity contribution < 1.29 is 4.74 Å². The number of pyridine rings is 1. The molecule has 2 aromatic rings. The molecule has 160 valence electrons. The van der Waals surface area contributed by atoms with Gasteiger partial charge in [-0.25, -0.2) is 0 Å². The number of hydrogen-bond acceptors (Lipinski definition) is 5. The zero-order valence-electron chi connectivity index (χ0n) is 17.4. The van der Waals surface area contributed by atoms with Gasteiger partial charge in [-0.1, -0.05) is 6.07 Å². The Morgan fingerprint density at radius 2 is 2.28 bits per heavy atom. The molecule has 0 aromatic carbocycles. The second-order valence-electron chi connectivity index (χ2n) is 7.14. The van der Waals surface area contributed by atoms with Crippen LogP contribution in [0.2, 0.25) is 0 Å². The number of thiophene rings is 1. The molecule has 1 aliphatic heterocycles. The molecule has 1 fully saturated rings. The number of guanidine groups is 1. The van der Waals surface area contributed by atoms with Crippen molar-refractivity contribution in [1.29, 1.82) is 0 Å². The predicted molar refractivity (Wildman–Crippen MR) is 132 cm³/mol. The summed E-state index contributed by atoms with van der Waals surface area (Å²) in [6.45, 7) is 8.61. The first-order chi connectivity index (χ1) is 13.7. The van der Waals surface area contributed by atoms with Crippen LogP contribution in [0.15, 0.2) is 41.0 Å². The van der Waals surface area contributed by atoms with Gasteiger partial charge in [0.2, 0.25) is 0 Å². The second kappa shape index (κ2) is 12.5. The van der Waals surface area contributed by atoms with Crippen molar-refractivity contribution in [2.45, 2.75) is 32.4 Å². The number of aryl methyl sites for hydroxylation is 1. The number of ether oxygens (including phenoxy) is 1. The third kappa shape index (κ3) is 7.20. The van der Waals surface area contributed by atoms with Crippen LogP contribution in [-0.2, 0) is 11.2 Å². The summed E-state index contributed by atoms with van der Waals surface area (Å²) >= 11 is 1.81. The largest absolute Gasteiger partial charge is 0.376 e. The fourth-order valence-electron chi connectivity index (χ4n) is 3.53. The Kier molecular flexibility index (Phi) is 10.3. The van der Waals surface area contributed by atoms with Gasteiger partial charge in [-0.2, -0.15) is 0 Å². The number of halogens is 1. The third-order valence-corrected chi connectivity index (χ3v) is 6.07. The maximum Gasteiger partial charge on any atom is 0.191 e. The SMILES string of the molecule is CN=C(NCCc1ccncc1C)NCC(c1cccs1)N1CCOC(C)C1.I. The molecule has 0 aliphatic carbocycles. The van der Waals surface area contributed by atoms with Crippen LogP contribution >= 0.6 is 35.3 Å². The number of nitrogens with zero attached hydrogens (tertiary/aromatic N) is 3. The molecule has 2 N–H and O–H groups in total. The summed E-state index contributed by atoms with van der Waals surface area (Å²) in [5.41, 5.74) is 2.54. The molecule has 3 rings (SSSR count). The van der Waals surface area contributed by atoms with Crippen molar-refractivity contribution in [3.8, 4) is 0 Å². The van der Waals surface area contributed by atoms with Crippen LogP contribution in [0.3, 0.4) is 0 Å². The van der Waals surface area contributed by atoms with E-state index >= 15 is 0 Å². The van der Waals surface area contributed by atoms with E-state index in [1.54, 1.807) is 0 Å². The van der Waals surface area contributed by atoms with Gasteiger partial charge in [0.05, 0.1) is 18.8 Å². The van der Waals surface area contributed by atoms with Crippen molar-refractivity contribution in [3.05, 3.63) is 52.0 Å². The molecule has 29 heavy (non-hydrogen) atoms. The summed E-state index contributed by atoms with van der Waals surface area (Å²) in [5.74, 6) is 0.842. The Hall–Kier alpha value is -1.23. The Bertz CT molecular complexity index is 755. The standard InChI is InChI=1S/C21H31N5OS.HI/c1-16-13-23-8-6-18(16)7-9-24-21(22-3)25-14-19(20-5-4-12-28-20)26-10-11-27-17(2)15-26;/h4-6,8,12-13,17,19H,7,9-11,14-15H2,1-3H3,(H2,22,24,25);1H. The van der Waals surface area contributed by atoms with E-state index in [1.807, 2.05) is 30.8 Å². The summed E-state index contributed by atoms with van der Waals surface area (Å²) in [6.07, 6.45) is 4.99. The quantitative estimate of drug-likeness (QED) is 0.328. The van der Waals surface area contributed by atoms with E-state index < -0.39 is 0 Å².